The Morgan fingerprint density at radius 1 is 1.39 bits per heavy atom. The average molecular weight is 314 g/mol. The van der Waals surface area contributed by atoms with Crippen molar-refractivity contribution in [2.75, 3.05) is 26.3 Å². The predicted molar refractivity (Wildman–Crippen MR) is 87.2 cm³/mol. The highest BCUT2D eigenvalue weighted by atomic mass is 16.5. The zero-order chi connectivity index (χ0) is 16.2. The van der Waals surface area contributed by atoms with Crippen LogP contribution in [0.1, 0.15) is 29.4 Å². The van der Waals surface area contributed by atoms with Crippen LogP contribution in [0.5, 0.6) is 0 Å². The van der Waals surface area contributed by atoms with Crippen molar-refractivity contribution >= 4 is 5.91 Å². The molecule has 1 aliphatic heterocycles. The number of carbonyl (C=O) groups excluding carboxylic acids is 1. The van der Waals surface area contributed by atoms with Crippen molar-refractivity contribution in [3.8, 4) is 11.5 Å². The molecule has 0 aliphatic carbocycles. The van der Waals surface area contributed by atoms with Crippen LogP contribution in [0.25, 0.3) is 11.5 Å². The number of hydrogen-bond acceptors (Lipinski definition) is 4. The second-order valence-corrected chi connectivity index (χ2v) is 5.88. The van der Waals surface area contributed by atoms with Crippen LogP contribution in [0, 0.1) is 12.8 Å². The summed E-state index contributed by atoms with van der Waals surface area (Å²) in [6, 6.07) is 7.37. The van der Waals surface area contributed by atoms with Gasteiger partial charge in [-0.2, -0.15) is 0 Å². The summed E-state index contributed by atoms with van der Waals surface area (Å²) in [5, 5.41) is 0. The molecule has 3 rings (SSSR count). The summed E-state index contributed by atoms with van der Waals surface area (Å²) < 4.78 is 10.8. The lowest BCUT2D eigenvalue weighted by atomic mass is 10.1. The standard InChI is InChI=1S/C18H22N2O3/c1-3-20(11-14-8-10-22-12-14)18(21)15-6-7-16(19-13(15)2)17-5-4-9-23-17/h4-7,9,14H,3,8,10-12H2,1-2H3. The molecule has 0 saturated carbocycles. The summed E-state index contributed by atoms with van der Waals surface area (Å²) in [6.07, 6.45) is 2.65. The molecule has 2 aromatic heterocycles. The van der Waals surface area contributed by atoms with Gasteiger partial charge in [0.15, 0.2) is 5.76 Å². The minimum atomic E-state index is 0.0374. The summed E-state index contributed by atoms with van der Waals surface area (Å²) >= 11 is 0. The molecule has 0 N–H and O–H groups in total. The van der Waals surface area contributed by atoms with E-state index in [0.29, 0.717) is 23.8 Å². The van der Waals surface area contributed by atoms with E-state index in [1.54, 1.807) is 6.26 Å². The third-order valence-electron chi connectivity index (χ3n) is 4.26. The maximum Gasteiger partial charge on any atom is 0.255 e. The minimum Gasteiger partial charge on any atom is -0.463 e. The van der Waals surface area contributed by atoms with Crippen LogP contribution in [0.3, 0.4) is 0 Å². The quantitative estimate of drug-likeness (QED) is 0.850. The van der Waals surface area contributed by atoms with E-state index >= 15 is 0 Å². The van der Waals surface area contributed by atoms with Crippen LogP contribution in [0.4, 0.5) is 0 Å². The van der Waals surface area contributed by atoms with Crippen LogP contribution in [0.2, 0.25) is 0 Å². The van der Waals surface area contributed by atoms with Crippen LogP contribution < -0.4 is 0 Å². The molecule has 1 amide bonds. The zero-order valence-electron chi connectivity index (χ0n) is 13.6. The van der Waals surface area contributed by atoms with Crippen LogP contribution >= 0.6 is 0 Å². The molecule has 1 atom stereocenters. The Labute approximate surface area is 136 Å². The Morgan fingerprint density at radius 3 is 2.87 bits per heavy atom. The molecule has 0 radical (unpaired) electrons. The zero-order valence-corrected chi connectivity index (χ0v) is 13.6. The van der Waals surface area contributed by atoms with Crippen molar-refractivity contribution < 1.29 is 13.9 Å². The first kappa shape index (κ1) is 15.7. The van der Waals surface area contributed by atoms with Gasteiger partial charge in [0.25, 0.3) is 5.91 Å². The molecule has 5 heteroatoms. The number of hydrogen-bond donors (Lipinski definition) is 0. The molecule has 1 unspecified atom stereocenters. The third-order valence-corrected chi connectivity index (χ3v) is 4.26. The molecule has 1 aliphatic rings. The molecule has 1 saturated heterocycles. The maximum absolute atomic E-state index is 12.8. The molecular weight excluding hydrogens is 292 g/mol. The number of furan rings is 1. The van der Waals surface area contributed by atoms with Gasteiger partial charge < -0.3 is 14.1 Å². The highest BCUT2D eigenvalue weighted by molar-refractivity contribution is 5.95. The largest absolute Gasteiger partial charge is 0.463 e. The SMILES string of the molecule is CCN(CC1CCOC1)C(=O)c1ccc(-c2ccco2)nc1C. The molecule has 0 aromatic carbocycles. The topological polar surface area (TPSA) is 55.6 Å². The van der Waals surface area contributed by atoms with Crippen molar-refractivity contribution in [2.24, 2.45) is 5.92 Å². The van der Waals surface area contributed by atoms with Gasteiger partial charge in [0.1, 0.15) is 5.69 Å². The number of nitrogens with zero attached hydrogens (tertiary/aromatic N) is 2. The number of aryl methyl sites for hydroxylation is 1. The molecule has 0 spiro atoms. The van der Waals surface area contributed by atoms with Gasteiger partial charge in [-0.3, -0.25) is 4.79 Å². The number of aromatic nitrogens is 1. The Bertz CT molecular complexity index is 661. The van der Waals surface area contributed by atoms with Gasteiger partial charge in [-0.25, -0.2) is 4.98 Å². The normalized spacial score (nSPS) is 17.4. The molecular formula is C18H22N2O3. The van der Waals surface area contributed by atoms with E-state index in [4.69, 9.17) is 9.15 Å². The van der Waals surface area contributed by atoms with Crippen LogP contribution in [-0.4, -0.2) is 42.1 Å². The van der Waals surface area contributed by atoms with E-state index in [2.05, 4.69) is 4.98 Å². The van der Waals surface area contributed by atoms with E-state index in [9.17, 15) is 4.79 Å². The monoisotopic (exact) mass is 314 g/mol. The summed E-state index contributed by atoms with van der Waals surface area (Å²) in [7, 11) is 0. The fraction of sp³-hybridized carbons (Fsp3) is 0.444. The molecule has 23 heavy (non-hydrogen) atoms. The molecule has 1 fully saturated rings. The first-order valence-electron chi connectivity index (χ1n) is 8.07. The van der Waals surface area contributed by atoms with E-state index < -0.39 is 0 Å². The summed E-state index contributed by atoms with van der Waals surface area (Å²) in [5.74, 6) is 1.19. The lowest BCUT2D eigenvalue weighted by Crippen LogP contribution is -2.36. The summed E-state index contributed by atoms with van der Waals surface area (Å²) in [6.45, 7) is 6.86. The van der Waals surface area contributed by atoms with Crippen molar-refractivity contribution in [3.05, 3.63) is 41.8 Å². The minimum absolute atomic E-state index is 0.0374. The first-order valence-corrected chi connectivity index (χ1v) is 8.07. The van der Waals surface area contributed by atoms with E-state index in [1.165, 1.54) is 0 Å². The van der Waals surface area contributed by atoms with Gasteiger partial charge in [-0.1, -0.05) is 0 Å². The summed E-state index contributed by atoms with van der Waals surface area (Å²) in [5.41, 5.74) is 2.13. The fourth-order valence-corrected chi connectivity index (χ4v) is 2.91. The van der Waals surface area contributed by atoms with Gasteiger partial charge in [-0.15, -0.1) is 0 Å². The van der Waals surface area contributed by atoms with Crippen molar-refractivity contribution in [2.45, 2.75) is 20.3 Å². The number of carbonyl (C=O) groups is 1. The lowest BCUT2D eigenvalue weighted by molar-refractivity contribution is 0.0729. The van der Waals surface area contributed by atoms with Gasteiger partial charge >= 0.3 is 0 Å². The summed E-state index contributed by atoms with van der Waals surface area (Å²) in [4.78, 5) is 19.2. The molecule has 3 heterocycles. The Morgan fingerprint density at radius 2 is 2.26 bits per heavy atom. The predicted octanol–water partition coefficient (Wildman–Crippen LogP) is 3.15. The Hall–Kier alpha value is -2.14. The number of rotatable bonds is 5. The molecule has 0 bridgehead atoms. The van der Waals surface area contributed by atoms with E-state index in [-0.39, 0.29) is 5.91 Å². The third kappa shape index (κ3) is 3.45. The van der Waals surface area contributed by atoms with Gasteiger partial charge in [0.2, 0.25) is 0 Å². The second-order valence-electron chi connectivity index (χ2n) is 5.88. The smallest absolute Gasteiger partial charge is 0.255 e. The second kappa shape index (κ2) is 6.96. The highest BCUT2D eigenvalue weighted by Gasteiger charge is 2.23. The fourth-order valence-electron chi connectivity index (χ4n) is 2.91. The number of ether oxygens (including phenoxy) is 1. The molecule has 5 nitrogen and oxygen atoms in total. The van der Waals surface area contributed by atoms with Crippen molar-refractivity contribution in [3.63, 3.8) is 0 Å². The van der Waals surface area contributed by atoms with Gasteiger partial charge in [0.05, 0.1) is 24.1 Å². The molecule has 122 valence electrons. The van der Waals surface area contributed by atoms with Crippen LogP contribution in [-0.2, 0) is 4.74 Å². The lowest BCUT2D eigenvalue weighted by Gasteiger charge is -2.24. The van der Waals surface area contributed by atoms with Crippen molar-refractivity contribution in [1.29, 1.82) is 0 Å². The highest BCUT2D eigenvalue weighted by Crippen LogP contribution is 2.21. The number of pyridine rings is 1. The van der Waals surface area contributed by atoms with E-state index in [0.717, 1.165) is 37.6 Å². The first-order chi connectivity index (χ1) is 11.2. The van der Waals surface area contributed by atoms with Gasteiger partial charge in [0, 0.05) is 25.6 Å². The molecule has 2 aromatic rings. The average Bonchev–Trinajstić information content (AvgIpc) is 3.25. The number of amides is 1. The van der Waals surface area contributed by atoms with E-state index in [1.807, 2.05) is 43.0 Å². The van der Waals surface area contributed by atoms with Gasteiger partial charge in [-0.05, 0) is 44.5 Å². The Kier molecular flexibility index (Phi) is 4.76. The maximum atomic E-state index is 12.8. The van der Waals surface area contributed by atoms with Crippen LogP contribution in [0.15, 0.2) is 34.9 Å². The Balaban J connectivity index is 1.77. The van der Waals surface area contributed by atoms with Crippen molar-refractivity contribution in [1.82, 2.24) is 9.88 Å².